The van der Waals surface area contributed by atoms with Gasteiger partial charge in [0, 0.05) is 4.88 Å². The Labute approximate surface area is 125 Å². The summed E-state index contributed by atoms with van der Waals surface area (Å²) in [6, 6.07) is 10.2. The summed E-state index contributed by atoms with van der Waals surface area (Å²) in [6.45, 7) is 3.16. The SMILES string of the molecule is Cc1n[nH]nc1-c1ccc(-c2ccc3c(c2)OCCO3)s1. The first kappa shape index (κ1) is 12.4. The molecular weight excluding hydrogens is 286 g/mol. The van der Waals surface area contributed by atoms with Crippen LogP contribution in [0.25, 0.3) is 21.0 Å². The highest BCUT2D eigenvalue weighted by atomic mass is 32.1. The lowest BCUT2D eigenvalue weighted by molar-refractivity contribution is 0.171. The van der Waals surface area contributed by atoms with Crippen LogP contribution in [0.3, 0.4) is 0 Å². The summed E-state index contributed by atoms with van der Waals surface area (Å²) in [5.74, 6) is 1.63. The van der Waals surface area contributed by atoms with Gasteiger partial charge in [0.25, 0.3) is 0 Å². The van der Waals surface area contributed by atoms with Crippen LogP contribution >= 0.6 is 11.3 Å². The van der Waals surface area contributed by atoms with Gasteiger partial charge in [-0.3, -0.25) is 0 Å². The van der Waals surface area contributed by atoms with Crippen LogP contribution in [0.15, 0.2) is 30.3 Å². The molecule has 3 aromatic rings. The molecule has 0 unspecified atom stereocenters. The highest BCUT2D eigenvalue weighted by Crippen LogP contribution is 2.39. The number of aryl methyl sites for hydroxylation is 1. The lowest BCUT2D eigenvalue weighted by atomic mass is 10.1. The van der Waals surface area contributed by atoms with Gasteiger partial charge in [0.2, 0.25) is 0 Å². The lowest BCUT2D eigenvalue weighted by Crippen LogP contribution is -2.15. The Morgan fingerprint density at radius 2 is 1.81 bits per heavy atom. The largest absolute Gasteiger partial charge is 0.486 e. The number of hydrogen-bond donors (Lipinski definition) is 1. The molecule has 1 aliphatic heterocycles. The zero-order valence-corrected chi connectivity index (χ0v) is 12.2. The van der Waals surface area contributed by atoms with Crippen molar-refractivity contribution in [3.8, 4) is 32.5 Å². The minimum absolute atomic E-state index is 0.601. The van der Waals surface area contributed by atoms with Crippen molar-refractivity contribution in [3.05, 3.63) is 36.0 Å². The molecule has 1 N–H and O–H groups in total. The second kappa shape index (κ2) is 4.89. The van der Waals surface area contributed by atoms with Gasteiger partial charge in [-0.2, -0.15) is 15.4 Å². The number of aromatic amines is 1. The molecule has 106 valence electrons. The molecule has 1 aliphatic rings. The van der Waals surface area contributed by atoms with Crippen molar-refractivity contribution >= 4 is 11.3 Å². The number of nitrogens with zero attached hydrogens (tertiary/aromatic N) is 2. The highest BCUT2D eigenvalue weighted by molar-refractivity contribution is 7.18. The molecule has 0 saturated carbocycles. The molecule has 0 amide bonds. The van der Waals surface area contributed by atoms with E-state index < -0.39 is 0 Å². The maximum Gasteiger partial charge on any atom is 0.162 e. The Hall–Kier alpha value is -2.34. The van der Waals surface area contributed by atoms with E-state index in [0.29, 0.717) is 13.2 Å². The Balaban J connectivity index is 1.71. The van der Waals surface area contributed by atoms with E-state index >= 15 is 0 Å². The highest BCUT2D eigenvalue weighted by Gasteiger charge is 2.14. The molecule has 0 spiro atoms. The van der Waals surface area contributed by atoms with Crippen molar-refractivity contribution in [2.75, 3.05) is 13.2 Å². The van der Waals surface area contributed by atoms with Gasteiger partial charge in [-0.05, 0) is 42.8 Å². The average Bonchev–Trinajstić information content (AvgIpc) is 3.15. The van der Waals surface area contributed by atoms with E-state index in [2.05, 4.69) is 33.6 Å². The molecule has 0 bridgehead atoms. The van der Waals surface area contributed by atoms with Gasteiger partial charge in [-0.1, -0.05) is 0 Å². The number of aromatic nitrogens is 3. The predicted molar refractivity (Wildman–Crippen MR) is 80.9 cm³/mol. The third-order valence-electron chi connectivity index (χ3n) is 3.39. The van der Waals surface area contributed by atoms with Crippen molar-refractivity contribution in [2.45, 2.75) is 6.92 Å². The van der Waals surface area contributed by atoms with Crippen LogP contribution in [-0.2, 0) is 0 Å². The van der Waals surface area contributed by atoms with Crippen LogP contribution in [0.1, 0.15) is 5.69 Å². The smallest absolute Gasteiger partial charge is 0.162 e. The molecule has 4 rings (SSSR count). The number of fused-ring (bicyclic) bond motifs is 1. The number of thiophene rings is 1. The summed E-state index contributed by atoms with van der Waals surface area (Å²) < 4.78 is 11.2. The fourth-order valence-electron chi connectivity index (χ4n) is 2.33. The Kier molecular flexibility index (Phi) is 2.89. The van der Waals surface area contributed by atoms with Gasteiger partial charge in [-0.25, -0.2) is 0 Å². The van der Waals surface area contributed by atoms with Crippen LogP contribution < -0.4 is 9.47 Å². The fourth-order valence-corrected chi connectivity index (χ4v) is 3.38. The lowest BCUT2D eigenvalue weighted by Gasteiger charge is -2.18. The first-order valence-electron chi connectivity index (χ1n) is 6.69. The van der Waals surface area contributed by atoms with E-state index in [4.69, 9.17) is 9.47 Å². The minimum Gasteiger partial charge on any atom is -0.486 e. The van der Waals surface area contributed by atoms with Crippen LogP contribution in [0.4, 0.5) is 0 Å². The number of nitrogens with one attached hydrogen (secondary N) is 1. The van der Waals surface area contributed by atoms with E-state index in [1.165, 1.54) is 4.88 Å². The summed E-state index contributed by atoms with van der Waals surface area (Å²) in [6.07, 6.45) is 0. The predicted octanol–water partition coefficient (Wildman–Crippen LogP) is 3.28. The molecule has 21 heavy (non-hydrogen) atoms. The first-order chi connectivity index (χ1) is 10.3. The van der Waals surface area contributed by atoms with Crippen molar-refractivity contribution in [2.24, 2.45) is 0 Å². The summed E-state index contributed by atoms with van der Waals surface area (Å²) in [4.78, 5) is 2.27. The quantitative estimate of drug-likeness (QED) is 0.789. The van der Waals surface area contributed by atoms with Gasteiger partial charge in [0.1, 0.15) is 18.9 Å². The zero-order valence-electron chi connectivity index (χ0n) is 11.4. The topological polar surface area (TPSA) is 60.0 Å². The second-order valence-corrected chi connectivity index (χ2v) is 5.86. The van der Waals surface area contributed by atoms with Gasteiger partial charge in [0.05, 0.1) is 10.6 Å². The molecule has 1 aromatic carbocycles. The molecular formula is C15H13N3O2S. The summed E-state index contributed by atoms with van der Waals surface area (Å²) in [5, 5.41) is 10.9. The van der Waals surface area contributed by atoms with Crippen molar-refractivity contribution < 1.29 is 9.47 Å². The average molecular weight is 299 g/mol. The third-order valence-corrected chi connectivity index (χ3v) is 4.53. The van der Waals surface area contributed by atoms with E-state index in [0.717, 1.165) is 33.3 Å². The van der Waals surface area contributed by atoms with E-state index in [1.807, 2.05) is 19.1 Å². The molecule has 0 saturated heterocycles. The fraction of sp³-hybridized carbons (Fsp3) is 0.200. The van der Waals surface area contributed by atoms with Gasteiger partial charge >= 0.3 is 0 Å². The maximum absolute atomic E-state index is 5.64. The summed E-state index contributed by atoms with van der Waals surface area (Å²) in [5.41, 5.74) is 2.94. The molecule has 2 aromatic heterocycles. The second-order valence-electron chi connectivity index (χ2n) is 4.78. The molecule has 5 nitrogen and oxygen atoms in total. The number of H-pyrrole nitrogens is 1. The van der Waals surface area contributed by atoms with Crippen molar-refractivity contribution in [1.29, 1.82) is 0 Å². The molecule has 0 atom stereocenters. The zero-order chi connectivity index (χ0) is 14.2. The molecule has 0 radical (unpaired) electrons. The first-order valence-corrected chi connectivity index (χ1v) is 7.50. The standard InChI is InChI=1S/C15H13N3O2S/c1-9-15(17-18-16-9)14-5-4-13(21-14)10-2-3-11-12(8-10)20-7-6-19-11/h2-5,8H,6-7H2,1H3,(H,16,17,18). The molecule has 0 fully saturated rings. The normalized spacial score (nSPS) is 13.4. The van der Waals surface area contributed by atoms with Crippen molar-refractivity contribution in [3.63, 3.8) is 0 Å². The molecule has 0 aliphatic carbocycles. The van der Waals surface area contributed by atoms with Gasteiger partial charge < -0.3 is 9.47 Å². The van der Waals surface area contributed by atoms with Gasteiger partial charge in [-0.15, -0.1) is 11.3 Å². The Morgan fingerprint density at radius 3 is 2.62 bits per heavy atom. The number of rotatable bonds is 2. The molecule has 6 heteroatoms. The van der Waals surface area contributed by atoms with Crippen LogP contribution in [0, 0.1) is 6.92 Å². The Morgan fingerprint density at radius 1 is 1.00 bits per heavy atom. The maximum atomic E-state index is 5.64. The van der Waals surface area contributed by atoms with Crippen LogP contribution in [0.5, 0.6) is 11.5 Å². The summed E-state index contributed by atoms with van der Waals surface area (Å²) in [7, 11) is 0. The number of ether oxygens (including phenoxy) is 2. The third kappa shape index (κ3) is 2.17. The monoisotopic (exact) mass is 299 g/mol. The summed E-state index contributed by atoms with van der Waals surface area (Å²) >= 11 is 1.69. The molecule has 3 heterocycles. The number of benzene rings is 1. The minimum atomic E-state index is 0.601. The van der Waals surface area contributed by atoms with Crippen molar-refractivity contribution in [1.82, 2.24) is 15.4 Å². The van der Waals surface area contributed by atoms with E-state index in [9.17, 15) is 0 Å². The number of hydrogen-bond acceptors (Lipinski definition) is 5. The van der Waals surface area contributed by atoms with E-state index in [1.54, 1.807) is 11.3 Å². The Bertz CT molecular complexity index is 794. The van der Waals surface area contributed by atoms with Crippen LogP contribution in [0.2, 0.25) is 0 Å². The van der Waals surface area contributed by atoms with Crippen LogP contribution in [-0.4, -0.2) is 28.6 Å². The van der Waals surface area contributed by atoms with E-state index in [-0.39, 0.29) is 0 Å². The van der Waals surface area contributed by atoms with Gasteiger partial charge in [0.15, 0.2) is 11.5 Å².